The van der Waals surface area contributed by atoms with E-state index in [2.05, 4.69) is 5.32 Å². The first-order chi connectivity index (χ1) is 8.99. The van der Waals surface area contributed by atoms with E-state index in [4.69, 9.17) is 5.73 Å². The lowest BCUT2D eigenvalue weighted by molar-refractivity contribution is -0.140. The van der Waals surface area contributed by atoms with Crippen LogP contribution in [0.4, 0.5) is 0 Å². The van der Waals surface area contributed by atoms with Gasteiger partial charge in [-0.25, -0.2) is 0 Å². The summed E-state index contributed by atoms with van der Waals surface area (Å²) < 4.78 is 0. The van der Waals surface area contributed by atoms with Gasteiger partial charge in [-0.2, -0.15) is 0 Å². The monoisotopic (exact) mass is 262 g/mol. The number of hydrogen-bond donors (Lipinski definition) is 3. The molecule has 19 heavy (non-hydrogen) atoms. The summed E-state index contributed by atoms with van der Waals surface area (Å²) in [6.07, 6.45) is 1.39. The molecule has 1 aromatic rings. The predicted octanol–water partition coefficient (Wildman–Crippen LogP) is 2.22. The topological polar surface area (TPSA) is 75.3 Å². The van der Waals surface area contributed by atoms with E-state index in [1.54, 1.807) is 0 Å². The first kappa shape index (κ1) is 14.0. The smallest absolute Gasteiger partial charge is 0.320 e. The Morgan fingerprint density at radius 3 is 2.63 bits per heavy atom. The maximum atomic E-state index is 11.3. The molecule has 1 aliphatic carbocycles. The molecule has 3 unspecified atom stereocenters. The number of nitrogens with two attached hydrogens (primary N) is 1. The summed E-state index contributed by atoms with van der Waals surface area (Å²) in [5, 5.41) is 12.6. The molecule has 0 aliphatic heterocycles. The third-order valence-corrected chi connectivity index (χ3v) is 3.67. The molecule has 3 atom stereocenters. The Hall–Kier alpha value is -1.39. The number of nitrogens with one attached hydrogen (secondary N) is 1. The quantitative estimate of drug-likeness (QED) is 0.760. The van der Waals surface area contributed by atoms with Crippen LogP contribution in [0.15, 0.2) is 24.3 Å². The van der Waals surface area contributed by atoms with Gasteiger partial charge in [-0.3, -0.25) is 10.1 Å². The number of carbonyl (C=O) groups is 1. The number of carboxylic acid groups (broad SMARTS) is 1. The number of fused-ring (bicyclic) bond motifs is 1. The SMILES string of the molecule is CC(C)CC(NC1CC(N)c2ccccc21)C(=O)O. The van der Waals surface area contributed by atoms with E-state index in [-0.39, 0.29) is 12.1 Å². The Kier molecular flexibility index (Phi) is 4.22. The molecule has 1 aromatic carbocycles. The molecule has 2 rings (SSSR count). The summed E-state index contributed by atoms with van der Waals surface area (Å²) in [7, 11) is 0. The van der Waals surface area contributed by atoms with E-state index in [0.29, 0.717) is 12.3 Å². The summed E-state index contributed by atoms with van der Waals surface area (Å²) in [6, 6.07) is 7.55. The molecule has 0 heterocycles. The van der Waals surface area contributed by atoms with Crippen molar-refractivity contribution in [1.82, 2.24) is 5.32 Å². The van der Waals surface area contributed by atoms with Crippen LogP contribution in [0.25, 0.3) is 0 Å². The van der Waals surface area contributed by atoms with Gasteiger partial charge in [-0.05, 0) is 29.9 Å². The lowest BCUT2D eigenvalue weighted by atomic mass is 10.0. The summed E-state index contributed by atoms with van der Waals surface area (Å²) in [5.41, 5.74) is 8.38. The number of benzene rings is 1. The van der Waals surface area contributed by atoms with Crippen LogP contribution in [0.2, 0.25) is 0 Å². The minimum atomic E-state index is -0.786. The highest BCUT2D eigenvalue weighted by molar-refractivity contribution is 5.73. The molecule has 4 nitrogen and oxygen atoms in total. The third kappa shape index (κ3) is 3.14. The van der Waals surface area contributed by atoms with Gasteiger partial charge in [0.05, 0.1) is 0 Å². The fourth-order valence-corrected chi connectivity index (χ4v) is 2.79. The van der Waals surface area contributed by atoms with Crippen molar-refractivity contribution in [2.24, 2.45) is 11.7 Å². The van der Waals surface area contributed by atoms with E-state index in [9.17, 15) is 9.90 Å². The van der Waals surface area contributed by atoms with Crippen LogP contribution in [0, 0.1) is 5.92 Å². The molecule has 0 saturated carbocycles. The number of aliphatic carboxylic acids is 1. The van der Waals surface area contributed by atoms with Crippen LogP contribution in [0.1, 0.15) is 49.9 Å². The molecule has 104 valence electrons. The van der Waals surface area contributed by atoms with E-state index >= 15 is 0 Å². The van der Waals surface area contributed by atoms with Gasteiger partial charge in [0.2, 0.25) is 0 Å². The van der Waals surface area contributed by atoms with Crippen LogP contribution >= 0.6 is 0 Å². The van der Waals surface area contributed by atoms with Crippen molar-refractivity contribution in [1.29, 1.82) is 0 Å². The van der Waals surface area contributed by atoms with Crippen molar-refractivity contribution in [3.8, 4) is 0 Å². The molecule has 4 heteroatoms. The molecule has 0 radical (unpaired) electrons. The number of rotatable bonds is 5. The molecule has 0 aromatic heterocycles. The van der Waals surface area contributed by atoms with E-state index in [0.717, 1.165) is 17.5 Å². The van der Waals surface area contributed by atoms with Gasteiger partial charge in [-0.15, -0.1) is 0 Å². The number of hydrogen-bond acceptors (Lipinski definition) is 3. The van der Waals surface area contributed by atoms with E-state index < -0.39 is 12.0 Å². The predicted molar refractivity (Wildman–Crippen MR) is 74.7 cm³/mol. The Labute approximate surface area is 114 Å². The van der Waals surface area contributed by atoms with Gasteiger partial charge < -0.3 is 10.8 Å². The maximum absolute atomic E-state index is 11.3. The van der Waals surface area contributed by atoms with Gasteiger partial charge in [0.1, 0.15) is 6.04 Å². The zero-order valence-electron chi connectivity index (χ0n) is 11.5. The summed E-state index contributed by atoms with van der Waals surface area (Å²) >= 11 is 0. The van der Waals surface area contributed by atoms with Crippen molar-refractivity contribution in [2.75, 3.05) is 0 Å². The van der Waals surface area contributed by atoms with E-state index in [1.807, 2.05) is 38.1 Å². The Balaban J connectivity index is 2.13. The second kappa shape index (κ2) is 5.72. The lowest BCUT2D eigenvalue weighted by Crippen LogP contribution is -2.39. The largest absolute Gasteiger partial charge is 0.480 e. The lowest BCUT2D eigenvalue weighted by Gasteiger charge is -2.22. The highest BCUT2D eigenvalue weighted by atomic mass is 16.4. The van der Waals surface area contributed by atoms with Crippen LogP contribution < -0.4 is 11.1 Å². The Morgan fingerprint density at radius 2 is 2.05 bits per heavy atom. The van der Waals surface area contributed by atoms with Crippen molar-refractivity contribution in [2.45, 2.75) is 44.8 Å². The minimum Gasteiger partial charge on any atom is -0.480 e. The third-order valence-electron chi connectivity index (χ3n) is 3.67. The fraction of sp³-hybridized carbons (Fsp3) is 0.533. The average molecular weight is 262 g/mol. The van der Waals surface area contributed by atoms with Gasteiger partial charge in [-0.1, -0.05) is 38.1 Å². The second-order valence-corrected chi connectivity index (χ2v) is 5.71. The minimum absolute atomic E-state index is 0.00203. The summed E-state index contributed by atoms with van der Waals surface area (Å²) in [6.45, 7) is 4.07. The molecule has 0 bridgehead atoms. The Morgan fingerprint density at radius 1 is 1.42 bits per heavy atom. The van der Waals surface area contributed by atoms with Crippen LogP contribution in [-0.4, -0.2) is 17.1 Å². The van der Waals surface area contributed by atoms with Gasteiger partial charge >= 0.3 is 5.97 Å². The molecule has 0 amide bonds. The van der Waals surface area contributed by atoms with Crippen molar-refractivity contribution in [3.63, 3.8) is 0 Å². The van der Waals surface area contributed by atoms with Gasteiger partial charge in [0.15, 0.2) is 0 Å². The maximum Gasteiger partial charge on any atom is 0.320 e. The zero-order valence-corrected chi connectivity index (χ0v) is 11.5. The molecule has 0 saturated heterocycles. The first-order valence-corrected chi connectivity index (χ1v) is 6.82. The summed E-state index contributed by atoms with van der Waals surface area (Å²) in [4.78, 5) is 11.3. The second-order valence-electron chi connectivity index (χ2n) is 5.71. The molecule has 0 spiro atoms. The molecule has 4 N–H and O–H groups in total. The Bertz CT molecular complexity index is 459. The summed E-state index contributed by atoms with van der Waals surface area (Å²) in [5.74, 6) is -0.439. The highest BCUT2D eigenvalue weighted by Crippen LogP contribution is 2.37. The van der Waals surface area contributed by atoms with Crippen LogP contribution in [0.5, 0.6) is 0 Å². The van der Waals surface area contributed by atoms with Crippen molar-refractivity contribution in [3.05, 3.63) is 35.4 Å². The zero-order chi connectivity index (χ0) is 14.0. The van der Waals surface area contributed by atoms with Crippen molar-refractivity contribution < 1.29 is 9.90 Å². The standard InChI is InChI=1S/C15H22N2O2/c1-9(2)7-14(15(18)19)17-13-8-12(16)10-5-3-4-6-11(10)13/h3-6,9,12-14,17H,7-8,16H2,1-2H3,(H,18,19). The normalized spacial score (nSPS) is 23.4. The van der Waals surface area contributed by atoms with Crippen LogP contribution in [-0.2, 0) is 4.79 Å². The molecule has 0 fully saturated rings. The molecular weight excluding hydrogens is 240 g/mol. The first-order valence-electron chi connectivity index (χ1n) is 6.82. The highest BCUT2D eigenvalue weighted by Gasteiger charge is 2.31. The van der Waals surface area contributed by atoms with Gasteiger partial charge in [0.25, 0.3) is 0 Å². The molecule has 1 aliphatic rings. The van der Waals surface area contributed by atoms with E-state index in [1.165, 1.54) is 0 Å². The van der Waals surface area contributed by atoms with Gasteiger partial charge in [0, 0.05) is 12.1 Å². The van der Waals surface area contributed by atoms with Crippen molar-refractivity contribution >= 4 is 5.97 Å². The number of carboxylic acids is 1. The average Bonchev–Trinajstić information content (AvgIpc) is 2.66. The molecular formula is C15H22N2O2. The van der Waals surface area contributed by atoms with Crippen LogP contribution in [0.3, 0.4) is 0 Å². The fourth-order valence-electron chi connectivity index (χ4n) is 2.79.